The normalized spacial score (nSPS) is 15.8. The number of aliphatic hydroxyl groups excluding tert-OH is 1. The van der Waals surface area contributed by atoms with Crippen molar-refractivity contribution in [3.05, 3.63) is 35.5 Å². The van der Waals surface area contributed by atoms with Crippen LogP contribution in [0.1, 0.15) is 48.5 Å². The van der Waals surface area contributed by atoms with Gasteiger partial charge in [-0.1, -0.05) is 52.0 Å². The molecule has 0 heterocycles. The zero-order valence-corrected chi connectivity index (χ0v) is 15.6. The van der Waals surface area contributed by atoms with Gasteiger partial charge in [0, 0.05) is 5.92 Å². The van der Waals surface area contributed by atoms with Gasteiger partial charge in [0.25, 0.3) is 0 Å². The predicted octanol–water partition coefficient (Wildman–Crippen LogP) is 4.65. The summed E-state index contributed by atoms with van der Waals surface area (Å²) >= 11 is 0. The fourth-order valence-corrected chi connectivity index (χ4v) is 2.23. The lowest BCUT2D eigenvalue weighted by molar-refractivity contribution is 0.0615. The van der Waals surface area contributed by atoms with E-state index >= 15 is 0 Å². The van der Waals surface area contributed by atoms with Gasteiger partial charge >= 0.3 is 6.16 Å². The van der Waals surface area contributed by atoms with E-state index in [2.05, 4.69) is 33.4 Å². The van der Waals surface area contributed by atoms with Crippen molar-refractivity contribution in [1.29, 1.82) is 0 Å². The van der Waals surface area contributed by atoms with Crippen molar-refractivity contribution in [1.82, 2.24) is 0 Å². The second kappa shape index (κ2) is 9.56. The van der Waals surface area contributed by atoms with E-state index in [1.807, 2.05) is 26.8 Å². The van der Waals surface area contributed by atoms with E-state index in [9.17, 15) is 9.90 Å². The highest BCUT2D eigenvalue weighted by atomic mass is 16.7. The maximum atomic E-state index is 11.2. The molecule has 4 nitrogen and oxygen atoms in total. The van der Waals surface area contributed by atoms with E-state index in [0.717, 1.165) is 11.1 Å². The van der Waals surface area contributed by atoms with E-state index in [4.69, 9.17) is 9.47 Å². The number of ether oxygens (including phenoxy) is 2. The Labute approximate surface area is 140 Å². The van der Waals surface area contributed by atoms with E-state index in [-0.39, 0.29) is 24.5 Å². The number of aliphatic hydroxyl groups is 1. The summed E-state index contributed by atoms with van der Waals surface area (Å²) in [6.07, 6.45) is 2.75. The highest BCUT2D eigenvalue weighted by molar-refractivity contribution is 5.60. The van der Waals surface area contributed by atoms with Crippen LogP contribution in [0.15, 0.2) is 35.5 Å². The van der Waals surface area contributed by atoms with Gasteiger partial charge in [-0.3, -0.25) is 0 Å². The minimum absolute atomic E-state index is 0.0428. The lowest BCUT2D eigenvalue weighted by Crippen LogP contribution is -2.23. The van der Waals surface area contributed by atoms with Crippen LogP contribution in [-0.2, 0) is 9.47 Å². The second-order valence-corrected chi connectivity index (χ2v) is 7.01. The van der Waals surface area contributed by atoms with Gasteiger partial charge < -0.3 is 14.6 Å². The Balaban J connectivity index is 4.74. The van der Waals surface area contributed by atoms with Gasteiger partial charge in [0.1, 0.15) is 6.61 Å². The third-order valence-corrected chi connectivity index (χ3v) is 3.34. The number of carbonyl (C=O) groups excluding carboxylic acids is 1. The molecule has 0 bridgehead atoms. The molecule has 0 saturated carbocycles. The summed E-state index contributed by atoms with van der Waals surface area (Å²) in [6, 6.07) is 0. The van der Waals surface area contributed by atoms with Crippen LogP contribution in [0.2, 0.25) is 0 Å². The molecule has 0 aliphatic carbocycles. The van der Waals surface area contributed by atoms with E-state index < -0.39 is 12.3 Å². The topological polar surface area (TPSA) is 55.8 Å². The molecule has 0 fully saturated rings. The zero-order valence-electron chi connectivity index (χ0n) is 15.6. The van der Waals surface area contributed by atoms with Crippen LogP contribution < -0.4 is 0 Å². The van der Waals surface area contributed by atoms with Crippen molar-refractivity contribution in [2.24, 2.45) is 11.3 Å². The highest BCUT2D eigenvalue weighted by Crippen LogP contribution is 2.23. The van der Waals surface area contributed by atoms with Gasteiger partial charge in [0.15, 0.2) is 0 Å². The Hall–Kier alpha value is -1.55. The molecule has 0 aliphatic heterocycles. The molecule has 0 amide bonds. The molecule has 0 saturated heterocycles. The van der Waals surface area contributed by atoms with E-state index in [1.54, 1.807) is 6.92 Å². The average molecular weight is 324 g/mol. The smallest absolute Gasteiger partial charge is 0.435 e. The summed E-state index contributed by atoms with van der Waals surface area (Å²) in [5.74, 6) is -0.219. The summed E-state index contributed by atoms with van der Waals surface area (Å²) in [6.45, 7) is 18.1. The molecule has 1 N–H and O–H groups in total. The quantitative estimate of drug-likeness (QED) is 0.421. The fourth-order valence-electron chi connectivity index (χ4n) is 2.23. The van der Waals surface area contributed by atoms with Crippen LogP contribution in [0.5, 0.6) is 0 Å². The van der Waals surface area contributed by atoms with E-state index in [1.165, 1.54) is 0 Å². The largest absolute Gasteiger partial charge is 0.508 e. The Morgan fingerprint density at radius 1 is 1.26 bits per heavy atom. The number of hydrogen-bond acceptors (Lipinski definition) is 4. The van der Waals surface area contributed by atoms with Gasteiger partial charge in [0.05, 0.1) is 12.7 Å². The van der Waals surface area contributed by atoms with E-state index in [0.29, 0.717) is 5.57 Å². The molecule has 0 aromatic heterocycles. The van der Waals surface area contributed by atoms with Crippen LogP contribution in [-0.4, -0.2) is 30.6 Å². The first-order valence-electron chi connectivity index (χ1n) is 8.00. The third-order valence-electron chi connectivity index (χ3n) is 3.34. The van der Waals surface area contributed by atoms with Gasteiger partial charge in [0.2, 0.25) is 0 Å². The Morgan fingerprint density at radius 3 is 2.30 bits per heavy atom. The molecule has 0 unspecified atom stereocenters. The monoisotopic (exact) mass is 324 g/mol. The molecular weight excluding hydrogens is 292 g/mol. The van der Waals surface area contributed by atoms with Crippen molar-refractivity contribution in [3.8, 4) is 0 Å². The maximum absolute atomic E-state index is 11.2. The molecule has 0 aromatic carbocycles. The Bertz CT molecular complexity index is 466. The van der Waals surface area contributed by atoms with Gasteiger partial charge in [-0.15, -0.1) is 0 Å². The zero-order chi connectivity index (χ0) is 18.2. The highest BCUT2D eigenvalue weighted by Gasteiger charge is 2.20. The van der Waals surface area contributed by atoms with Crippen molar-refractivity contribution in [3.63, 3.8) is 0 Å². The molecule has 0 aliphatic rings. The van der Waals surface area contributed by atoms with Gasteiger partial charge in [-0.05, 0) is 37.3 Å². The van der Waals surface area contributed by atoms with Crippen molar-refractivity contribution < 1.29 is 19.4 Å². The lowest BCUT2D eigenvalue weighted by atomic mass is 9.89. The molecule has 2 atom stereocenters. The van der Waals surface area contributed by atoms with Crippen molar-refractivity contribution in [2.75, 3.05) is 13.2 Å². The molecule has 0 rings (SSSR count). The average Bonchev–Trinajstić information content (AvgIpc) is 2.41. The summed E-state index contributed by atoms with van der Waals surface area (Å²) in [5.41, 5.74) is 2.70. The van der Waals surface area contributed by atoms with Gasteiger partial charge in [-0.25, -0.2) is 4.79 Å². The lowest BCUT2D eigenvalue weighted by Gasteiger charge is -2.22. The van der Waals surface area contributed by atoms with Crippen LogP contribution in [0.3, 0.4) is 0 Å². The molecule has 132 valence electrons. The minimum atomic E-state index is -0.716. The fraction of sp³-hybridized carbons (Fsp3) is 0.632. The second-order valence-electron chi connectivity index (χ2n) is 7.01. The first kappa shape index (κ1) is 21.4. The standard InChI is InChI=1S/C19H32O4/c1-9-22-18(21)23-12-15(4)16(5)17(20)14(3)10-13(2)11-19(6,7)8/h10-11,16-17,20H,4,9,12H2,1-3,5-8H3/b13-11+,14-10+/t16-,17-/m0/s1. The molecule has 4 heteroatoms. The first-order chi connectivity index (χ1) is 10.5. The summed E-state index contributed by atoms with van der Waals surface area (Å²) in [7, 11) is 0. The van der Waals surface area contributed by atoms with Crippen LogP contribution in [0.4, 0.5) is 4.79 Å². The van der Waals surface area contributed by atoms with Crippen LogP contribution >= 0.6 is 0 Å². The SMILES string of the molecule is C=C(COC(=O)OCC)[C@H](C)[C@@H](O)/C(C)=C/C(C)=C/C(C)(C)C. The Kier molecular flexibility index (Phi) is 8.91. The van der Waals surface area contributed by atoms with Crippen molar-refractivity contribution in [2.45, 2.75) is 54.6 Å². The van der Waals surface area contributed by atoms with Crippen LogP contribution in [0, 0.1) is 11.3 Å². The Morgan fingerprint density at radius 2 is 1.83 bits per heavy atom. The predicted molar refractivity (Wildman–Crippen MR) is 94.3 cm³/mol. The molecule has 0 radical (unpaired) electrons. The van der Waals surface area contributed by atoms with Crippen LogP contribution in [0.25, 0.3) is 0 Å². The molecule has 0 spiro atoms. The summed E-state index contributed by atoms with van der Waals surface area (Å²) < 4.78 is 9.63. The third kappa shape index (κ3) is 9.24. The number of carbonyl (C=O) groups is 1. The van der Waals surface area contributed by atoms with Crippen molar-refractivity contribution >= 4 is 6.16 Å². The first-order valence-corrected chi connectivity index (χ1v) is 8.00. The summed E-state index contributed by atoms with van der Waals surface area (Å²) in [4.78, 5) is 11.2. The van der Waals surface area contributed by atoms with Gasteiger partial charge in [-0.2, -0.15) is 0 Å². The molecule has 0 aromatic rings. The molecular formula is C19H32O4. The number of allylic oxidation sites excluding steroid dienone is 3. The number of hydrogen-bond donors (Lipinski definition) is 1. The molecule has 23 heavy (non-hydrogen) atoms. The maximum Gasteiger partial charge on any atom is 0.508 e. The minimum Gasteiger partial charge on any atom is -0.435 e. The summed E-state index contributed by atoms with van der Waals surface area (Å²) in [5, 5.41) is 10.4. The number of rotatable bonds is 7.